The molecule has 0 radical (unpaired) electrons. The molecule has 1 heterocycles. The number of fused-ring (bicyclic) bond motifs is 2. The van der Waals surface area contributed by atoms with Crippen molar-refractivity contribution in [2.24, 2.45) is 62.2 Å². The first-order valence-electron chi connectivity index (χ1n) is 18.9. The predicted molar refractivity (Wildman–Crippen MR) is 189 cm³/mol. The number of rotatable bonds is 11. The van der Waals surface area contributed by atoms with Crippen LogP contribution in [-0.4, -0.2) is 63.5 Å². The fourth-order valence-electron chi connectivity index (χ4n) is 13.3. The van der Waals surface area contributed by atoms with Gasteiger partial charge in [-0.3, -0.25) is 14.6 Å². The van der Waals surface area contributed by atoms with Crippen molar-refractivity contribution in [1.29, 1.82) is 0 Å². The molecular formula is C41H60N2O6. The molecule has 270 valence electrons. The lowest BCUT2D eigenvalue weighted by atomic mass is 9.46. The van der Waals surface area contributed by atoms with Crippen molar-refractivity contribution in [3.8, 4) is 0 Å². The Morgan fingerprint density at radius 3 is 2.51 bits per heavy atom. The van der Waals surface area contributed by atoms with Gasteiger partial charge in [-0.15, -0.1) is 0 Å². The molecule has 5 saturated carbocycles. The molecule has 2 N–H and O–H groups in total. The highest BCUT2D eigenvalue weighted by atomic mass is 16.6. The molecule has 0 bridgehead atoms. The quantitative estimate of drug-likeness (QED) is 0.197. The van der Waals surface area contributed by atoms with Gasteiger partial charge in [0.25, 0.3) is 0 Å². The van der Waals surface area contributed by atoms with Crippen molar-refractivity contribution >= 4 is 17.8 Å². The average molecular weight is 677 g/mol. The minimum absolute atomic E-state index is 0.0353. The zero-order chi connectivity index (χ0) is 35.6. The summed E-state index contributed by atoms with van der Waals surface area (Å²) in [6.07, 6.45) is 9.28. The summed E-state index contributed by atoms with van der Waals surface area (Å²) >= 11 is 0. The molecule has 5 aliphatic carbocycles. The number of aliphatic hydroxyl groups excluding tert-OH is 1. The molecule has 12 atom stereocenters. The van der Waals surface area contributed by atoms with Crippen LogP contribution in [0.25, 0.3) is 0 Å². The van der Waals surface area contributed by atoms with Crippen LogP contribution >= 0.6 is 0 Å². The van der Waals surface area contributed by atoms with Crippen LogP contribution in [-0.2, 0) is 25.5 Å². The molecule has 12 unspecified atom stereocenters. The lowest BCUT2D eigenvalue weighted by molar-refractivity contribution is -0.175. The number of carbonyl (C=O) groups excluding carboxylic acids is 2. The summed E-state index contributed by atoms with van der Waals surface area (Å²) in [5.74, 6) is 4.35. The smallest absolute Gasteiger partial charge is 0.312 e. The van der Waals surface area contributed by atoms with E-state index in [9.17, 15) is 19.8 Å². The van der Waals surface area contributed by atoms with Crippen LogP contribution in [0.1, 0.15) is 112 Å². The van der Waals surface area contributed by atoms with Gasteiger partial charge in [0, 0.05) is 18.5 Å². The summed E-state index contributed by atoms with van der Waals surface area (Å²) in [5.41, 5.74) is -0.0573. The third kappa shape index (κ3) is 5.82. The van der Waals surface area contributed by atoms with Gasteiger partial charge >= 0.3 is 11.9 Å². The summed E-state index contributed by atoms with van der Waals surface area (Å²) in [7, 11) is 0. The molecule has 8 heteroatoms. The topological polar surface area (TPSA) is 118 Å². The fourth-order valence-corrected chi connectivity index (χ4v) is 13.3. The van der Waals surface area contributed by atoms with E-state index in [2.05, 4.69) is 50.1 Å². The highest BCUT2D eigenvalue weighted by Crippen LogP contribution is 2.89. The molecule has 5 fully saturated rings. The third-order valence-corrected chi connectivity index (χ3v) is 15.2. The van der Waals surface area contributed by atoms with E-state index >= 15 is 0 Å². The van der Waals surface area contributed by atoms with Crippen molar-refractivity contribution < 1.29 is 29.3 Å². The minimum Gasteiger partial charge on any atom is -0.461 e. The molecule has 1 aromatic rings. The second kappa shape index (κ2) is 12.9. The van der Waals surface area contributed by atoms with Crippen LogP contribution in [0.2, 0.25) is 0 Å². The second-order valence-electron chi connectivity index (χ2n) is 17.9. The Kier molecular flexibility index (Phi) is 9.55. The van der Waals surface area contributed by atoms with Crippen LogP contribution in [0.3, 0.4) is 0 Å². The molecule has 1 aromatic heterocycles. The first-order chi connectivity index (χ1) is 23.0. The molecule has 0 aliphatic heterocycles. The predicted octanol–water partition coefficient (Wildman–Crippen LogP) is 6.76. The number of nitrogens with zero attached hydrogens (tertiary/aromatic N) is 2. The van der Waals surface area contributed by atoms with Crippen molar-refractivity contribution in [2.75, 3.05) is 6.54 Å². The molecule has 5 aliphatic rings. The van der Waals surface area contributed by atoms with E-state index < -0.39 is 23.8 Å². The van der Waals surface area contributed by atoms with Crippen LogP contribution in [0.4, 0.5) is 0 Å². The maximum absolute atomic E-state index is 13.1. The van der Waals surface area contributed by atoms with E-state index in [1.807, 2.05) is 18.2 Å². The third-order valence-electron chi connectivity index (χ3n) is 15.2. The average Bonchev–Trinajstić information content (AvgIpc) is 3.43. The maximum Gasteiger partial charge on any atom is 0.312 e. The van der Waals surface area contributed by atoms with Gasteiger partial charge in [0.15, 0.2) is 0 Å². The number of aliphatic imine (C=N–C) groups is 1. The van der Waals surface area contributed by atoms with Gasteiger partial charge in [-0.1, -0.05) is 33.8 Å². The van der Waals surface area contributed by atoms with E-state index in [1.54, 1.807) is 20.0 Å². The summed E-state index contributed by atoms with van der Waals surface area (Å²) in [6.45, 7) is 18.6. The number of hydrogen-bond donors (Lipinski definition) is 2. The number of aliphatic hydroxyl groups is 2. The Hall–Kier alpha value is -2.54. The van der Waals surface area contributed by atoms with Crippen molar-refractivity contribution in [2.45, 2.75) is 137 Å². The van der Waals surface area contributed by atoms with Crippen molar-refractivity contribution in [1.82, 2.24) is 4.98 Å². The van der Waals surface area contributed by atoms with Gasteiger partial charge in [0.1, 0.15) is 12.2 Å². The van der Waals surface area contributed by atoms with Gasteiger partial charge in [-0.05, 0) is 148 Å². The fraction of sp³-hybridized carbons (Fsp3) is 0.780. The molecule has 0 amide bonds. The van der Waals surface area contributed by atoms with Crippen LogP contribution in [0.15, 0.2) is 36.0 Å². The van der Waals surface area contributed by atoms with Gasteiger partial charge in [-0.25, -0.2) is 4.99 Å². The Morgan fingerprint density at radius 1 is 1.10 bits per heavy atom. The first kappa shape index (κ1) is 36.3. The number of pyridine rings is 1. The standard InChI is InChI=1S/C41H60N2O6/c1-9-42-24-27(13-16-34(38(6,7)47)48-26(3)44)36-31(45)23-30-29-14-15-32-37(4,5)33(49-35(46)22-28-12-10-11-21-43-28)17-18-41(32)25(2)40(29,41)20-19-39(30,36)8/h10-12,21,25,27,29-34,36,45,47H,1,13-20,22-24H2,2-8H3. The second-order valence-corrected chi connectivity index (χ2v) is 17.9. The van der Waals surface area contributed by atoms with Crippen LogP contribution in [0.5, 0.6) is 0 Å². The maximum atomic E-state index is 13.1. The zero-order valence-corrected chi connectivity index (χ0v) is 30.9. The zero-order valence-electron chi connectivity index (χ0n) is 30.9. The van der Waals surface area contributed by atoms with Gasteiger partial charge in [-0.2, -0.15) is 0 Å². The molecule has 49 heavy (non-hydrogen) atoms. The molecule has 0 saturated heterocycles. The van der Waals surface area contributed by atoms with Gasteiger partial charge < -0.3 is 19.7 Å². The summed E-state index contributed by atoms with van der Waals surface area (Å²) in [6, 6.07) is 5.65. The molecule has 6 rings (SSSR count). The van der Waals surface area contributed by atoms with Crippen LogP contribution < -0.4 is 0 Å². The van der Waals surface area contributed by atoms with E-state index in [1.165, 1.54) is 13.3 Å². The lowest BCUT2D eigenvalue weighted by Crippen LogP contribution is -2.55. The first-order valence-corrected chi connectivity index (χ1v) is 18.9. The SMILES string of the molecule is C=C=NCC(CCC(OC(C)=O)C(C)(C)O)C1C(O)CC2C3CCC4C(C)(C)C(OC(=O)Cc5ccccn5)CCC45C(C)C35CCC21C. The van der Waals surface area contributed by atoms with Crippen LogP contribution in [0, 0.1) is 57.2 Å². The Morgan fingerprint density at radius 2 is 1.86 bits per heavy atom. The molecule has 8 nitrogen and oxygen atoms in total. The summed E-state index contributed by atoms with van der Waals surface area (Å²) in [5, 5.41) is 22.8. The number of esters is 2. The Balaban J connectivity index is 1.21. The number of carbonyl (C=O) groups is 2. The number of aromatic nitrogens is 1. The molecule has 0 aromatic carbocycles. The van der Waals surface area contributed by atoms with E-state index in [-0.39, 0.29) is 52.0 Å². The highest BCUT2D eigenvalue weighted by Gasteiger charge is 2.84. The van der Waals surface area contributed by atoms with E-state index in [0.717, 1.165) is 44.2 Å². The normalized spacial score (nSPS) is 39.9. The van der Waals surface area contributed by atoms with Gasteiger partial charge in [0.05, 0.1) is 30.4 Å². The highest BCUT2D eigenvalue weighted by molar-refractivity contribution is 5.72. The molecule has 2 spiro atoms. The Bertz CT molecular complexity index is 1450. The lowest BCUT2D eigenvalue weighted by Gasteiger charge is -2.59. The summed E-state index contributed by atoms with van der Waals surface area (Å²) in [4.78, 5) is 33.8. The number of ether oxygens (including phenoxy) is 2. The Labute approximate surface area is 293 Å². The molecular weight excluding hydrogens is 616 g/mol. The largest absolute Gasteiger partial charge is 0.461 e. The van der Waals surface area contributed by atoms with E-state index in [4.69, 9.17) is 9.47 Å². The van der Waals surface area contributed by atoms with Crippen molar-refractivity contribution in [3.63, 3.8) is 0 Å². The van der Waals surface area contributed by atoms with Crippen molar-refractivity contribution in [3.05, 3.63) is 36.7 Å². The monoisotopic (exact) mass is 676 g/mol. The minimum atomic E-state index is -1.17. The summed E-state index contributed by atoms with van der Waals surface area (Å²) < 4.78 is 11.8. The number of hydrogen-bond acceptors (Lipinski definition) is 8. The van der Waals surface area contributed by atoms with E-state index in [0.29, 0.717) is 43.1 Å². The van der Waals surface area contributed by atoms with Gasteiger partial charge in [0.2, 0.25) is 0 Å².